The Bertz CT molecular complexity index is 303. The van der Waals surface area contributed by atoms with E-state index in [1.54, 1.807) is 6.07 Å². The lowest BCUT2D eigenvalue weighted by atomic mass is 10.1. The highest BCUT2D eigenvalue weighted by Gasteiger charge is 2.18. The van der Waals surface area contributed by atoms with Crippen LogP contribution in [0.1, 0.15) is 42.6 Å². The second-order valence-corrected chi connectivity index (χ2v) is 3.23. The van der Waals surface area contributed by atoms with Crippen LogP contribution in [0.3, 0.4) is 0 Å². The zero-order valence-corrected chi connectivity index (χ0v) is 8.75. The SMILES string of the molecule is CCCC.O=C1OCc2ccccc21. The molecule has 0 N–H and O–H groups in total. The number of rotatable bonds is 1. The van der Waals surface area contributed by atoms with Crippen LogP contribution in [0.4, 0.5) is 0 Å². The van der Waals surface area contributed by atoms with Crippen LogP contribution in [0, 0.1) is 0 Å². The summed E-state index contributed by atoms with van der Waals surface area (Å²) in [4.78, 5) is 10.8. The van der Waals surface area contributed by atoms with E-state index >= 15 is 0 Å². The van der Waals surface area contributed by atoms with Crippen molar-refractivity contribution in [2.75, 3.05) is 0 Å². The van der Waals surface area contributed by atoms with E-state index in [2.05, 4.69) is 13.8 Å². The lowest BCUT2D eigenvalue weighted by molar-refractivity contribution is 0.0535. The van der Waals surface area contributed by atoms with Crippen molar-refractivity contribution in [3.8, 4) is 0 Å². The first-order valence-electron chi connectivity index (χ1n) is 5.04. The van der Waals surface area contributed by atoms with Crippen molar-refractivity contribution in [1.82, 2.24) is 0 Å². The van der Waals surface area contributed by atoms with Crippen LogP contribution >= 0.6 is 0 Å². The van der Waals surface area contributed by atoms with Crippen LogP contribution in [0.5, 0.6) is 0 Å². The minimum Gasteiger partial charge on any atom is -0.457 e. The molecule has 0 radical (unpaired) electrons. The average Bonchev–Trinajstić information content (AvgIpc) is 2.62. The molecule has 2 nitrogen and oxygen atoms in total. The first-order chi connectivity index (χ1) is 6.79. The highest BCUT2D eigenvalue weighted by atomic mass is 16.5. The van der Waals surface area contributed by atoms with Gasteiger partial charge in [-0.2, -0.15) is 0 Å². The third-order valence-electron chi connectivity index (χ3n) is 2.10. The molecule has 1 aromatic carbocycles. The van der Waals surface area contributed by atoms with E-state index in [0.717, 1.165) is 5.56 Å². The van der Waals surface area contributed by atoms with Gasteiger partial charge in [0.1, 0.15) is 6.61 Å². The van der Waals surface area contributed by atoms with Crippen LogP contribution in [0.15, 0.2) is 24.3 Å². The van der Waals surface area contributed by atoms with E-state index in [0.29, 0.717) is 12.2 Å². The van der Waals surface area contributed by atoms with E-state index in [-0.39, 0.29) is 5.97 Å². The number of carbonyl (C=O) groups excluding carboxylic acids is 1. The third kappa shape index (κ3) is 2.59. The molecular weight excluding hydrogens is 176 g/mol. The van der Waals surface area contributed by atoms with Gasteiger partial charge in [-0.05, 0) is 6.07 Å². The molecule has 0 amide bonds. The van der Waals surface area contributed by atoms with Crippen molar-refractivity contribution in [1.29, 1.82) is 0 Å². The molecule has 1 aliphatic rings. The van der Waals surface area contributed by atoms with Crippen LogP contribution in [0.25, 0.3) is 0 Å². The van der Waals surface area contributed by atoms with E-state index < -0.39 is 0 Å². The fourth-order valence-corrected chi connectivity index (χ4v) is 1.07. The van der Waals surface area contributed by atoms with Crippen LogP contribution < -0.4 is 0 Å². The van der Waals surface area contributed by atoms with E-state index in [1.807, 2.05) is 18.2 Å². The van der Waals surface area contributed by atoms with Gasteiger partial charge in [0, 0.05) is 5.56 Å². The predicted molar refractivity (Wildman–Crippen MR) is 56.1 cm³/mol. The number of cyclic esters (lactones) is 1. The van der Waals surface area contributed by atoms with Gasteiger partial charge in [-0.3, -0.25) is 0 Å². The summed E-state index contributed by atoms with van der Waals surface area (Å²) in [5.41, 5.74) is 1.70. The van der Waals surface area contributed by atoms with Crippen molar-refractivity contribution in [3.63, 3.8) is 0 Å². The van der Waals surface area contributed by atoms with Gasteiger partial charge in [0.05, 0.1) is 5.56 Å². The van der Waals surface area contributed by atoms with Crippen molar-refractivity contribution in [2.24, 2.45) is 0 Å². The molecule has 14 heavy (non-hydrogen) atoms. The molecular formula is C12H16O2. The van der Waals surface area contributed by atoms with Gasteiger partial charge in [-0.15, -0.1) is 0 Å². The molecule has 0 spiro atoms. The summed E-state index contributed by atoms with van der Waals surface area (Å²) in [7, 11) is 0. The Morgan fingerprint density at radius 2 is 1.86 bits per heavy atom. The van der Waals surface area contributed by atoms with Crippen LogP contribution in [-0.4, -0.2) is 5.97 Å². The van der Waals surface area contributed by atoms with Crippen molar-refractivity contribution < 1.29 is 9.53 Å². The second-order valence-electron chi connectivity index (χ2n) is 3.23. The molecule has 1 aliphatic heterocycles. The Hall–Kier alpha value is -1.31. The maximum Gasteiger partial charge on any atom is 0.338 e. The molecule has 0 saturated carbocycles. The lowest BCUT2D eigenvalue weighted by Crippen LogP contribution is -1.91. The van der Waals surface area contributed by atoms with Crippen molar-refractivity contribution in [2.45, 2.75) is 33.3 Å². The quantitative estimate of drug-likeness (QED) is 0.639. The van der Waals surface area contributed by atoms with Gasteiger partial charge in [0.15, 0.2) is 0 Å². The topological polar surface area (TPSA) is 26.3 Å². The molecule has 0 saturated heterocycles. The van der Waals surface area contributed by atoms with Crippen molar-refractivity contribution in [3.05, 3.63) is 35.4 Å². The fraction of sp³-hybridized carbons (Fsp3) is 0.417. The molecule has 0 aromatic heterocycles. The highest BCUT2D eigenvalue weighted by Crippen LogP contribution is 2.17. The summed E-state index contributed by atoms with van der Waals surface area (Å²) in [5.74, 6) is -0.199. The average molecular weight is 192 g/mol. The van der Waals surface area contributed by atoms with Gasteiger partial charge >= 0.3 is 5.97 Å². The first kappa shape index (κ1) is 10.8. The Morgan fingerprint density at radius 3 is 2.43 bits per heavy atom. The Kier molecular flexibility index (Phi) is 4.17. The molecule has 1 heterocycles. The number of fused-ring (bicyclic) bond motifs is 1. The van der Waals surface area contributed by atoms with Crippen molar-refractivity contribution >= 4 is 5.97 Å². The predicted octanol–water partition coefficient (Wildman–Crippen LogP) is 3.16. The van der Waals surface area contributed by atoms with E-state index in [4.69, 9.17) is 4.74 Å². The van der Waals surface area contributed by atoms with Gasteiger partial charge in [0.2, 0.25) is 0 Å². The summed E-state index contributed by atoms with van der Waals surface area (Å²) in [6.07, 6.45) is 2.64. The normalized spacial score (nSPS) is 12.6. The maximum atomic E-state index is 10.8. The number of unbranched alkanes of at least 4 members (excludes halogenated alkanes) is 1. The smallest absolute Gasteiger partial charge is 0.338 e. The maximum absolute atomic E-state index is 10.8. The number of hydrogen-bond donors (Lipinski definition) is 0. The lowest BCUT2D eigenvalue weighted by Gasteiger charge is -1.87. The Labute approximate surface area is 84.9 Å². The summed E-state index contributed by atoms with van der Waals surface area (Å²) in [6.45, 7) is 4.80. The molecule has 0 fully saturated rings. The number of benzene rings is 1. The summed E-state index contributed by atoms with van der Waals surface area (Å²) >= 11 is 0. The number of hydrogen-bond acceptors (Lipinski definition) is 2. The van der Waals surface area contributed by atoms with E-state index in [9.17, 15) is 4.79 Å². The molecule has 0 bridgehead atoms. The Morgan fingerprint density at radius 1 is 1.21 bits per heavy atom. The number of ether oxygens (including phenoxy) is 1. The van der Waals surface area contributed by atoms with Gasteiger partial charge in [-0.1, -0.05) is 44.9 Å². The molecule has 0 aliphatic carbocycles. The molecule has 0 atom stereocenters. The Balaban J connectivity index is 0.000000213. The molecule has 2 rings (SSSR count). The summed E-state index contributed by atoms with van der Waals surface area (Å²) in [5, 5.41) is 0. The zero-order valence-electron chi connectivity index (χ0n) is 8.75. The van der Waals surface area contributed by atoms with Gasteiger partial charge in [0.25, 0.3) is 0 Å². The molecule has 0 unspecified atom stereocenters. The van der Waals surface area contributed by atoms with Gasteiger partial charge in [-0.25, -0.2) is 4.79 Å². The van der Waals surface area contributed by atoms with Crippen LogP contribution in [-0.2, 0) is 11.3 Å². The summed E-state index contributed by atoms with van der Waals surface area (Å²) in [6, 6.07) is 7.43. The summed E-state index contributed by atoms with van der Waals surface area (Å²) < 4.78 is 4.78. The second kappa shape index (κ2) is 5.43. The zero-order chi connectivity index (χ0) is 10.4. The highest BCUT2D eigenvalue weighted by molar-refractivity contribution is 5.93. The molecule has 2 heteroatoms. The minimum atomic E-state index is -0.199. The fourth-order valence-electron chi connectivity index (χ4n) is 1.07. The van der Waals surface area contributed by atoms with Crippen LogP contribution in [0.2, 0.25) is 0 Å². The molecule has 1 aromatic rings. The third-order valence-corrected chi connectivity index (χ3v) is 2.10. The molecule has 76 valence electrons. The largest absolute Gasteiger partial charge is 0.457 e. The first-order valence-corrected chi connectivity index (χ1v) is 5.04. The monoisotopic (exact) mass is 192 g/mol. The number of carbonyl (C=O) groups is 1. The number of esters is 1. The minimum absolute atomic E-state index is 0.199. The van der Waals surface area contributed by atoms with Gasteiger partial charge < -0.3 is 4.74 Å². The van der Waals surface area contributed by atoms with E-state index in [1.165, 1.54) is 12.8 Å². The standard InChI is InChI=1S/C8H6O2.C4H10/c9-8-7-4-2-1-3-6(7)5-10-8;1-3-4-2/h1-4H,5H2;3-4H2,1-2H3.